The Bertz CT molecular complexity index is 897. The van der Waals surface area contributed by atoms with E-state index in [9.17, 15) is 14.7 Å². The molecule has 2 N–H and O–H groups in total. The molecule has 0 atom stereocenters. The molecule has 1 amide bonds. The van der Waals surface area contributed by atoms with Crippen molar-refractivity contribution in [3.05, 3.63) is 65.9 Å². The second-order valence-electron chi connectivity index (χ2n) is 5.21. The second-order valence-corrected chi connectivity index (χ2v) is 5.21. The third-order valence-corrected chi connectivity index (χ3v) is 3.42. The highest BCUT2D eigenvalue weighted by atomic mass is 16.5. The average Bonchev–Trinajstić information content (AvgIpc) is 3.06. The van der Waals surface area contributed by atoms with Crippen LogP contribution in [0.4, 0.5) is 5.69 Å². The number of anilines is 1. The lowest BCUT2D eigenvalue weighted by atomic mass is 10.1. The molecule has 24 heavy (non-hydrogen) atoms. The van der Waals surface area contributed by atoms with Crippen molar-refractivity contribution in [2.45, 2.75) is 6.92 Å². The molecule has 3 aromatic rings. The van der Waals surface area contributed by atoms with Gasteiger partial charge in [0.15, 0.2) is 17.2 Å². The van der Waals surface area contributed by atoms with Gasteiger partial charge in [0.25, 0.3) is 5.91 Å². The van der Waals surface area contributed by atoms with Crippen LogP contribution in [0.5, 0.6) is 5.75 Å². The molecule has 120 valence electrons. The molecule has 0 aliphatic heterocycles. The number of phenols is 1. The summed E-state index contributed by atoms with van der Waals surface area (Å²) < 4.78 is 5.16. The molecule has 2 aromatic carbocycles. The fourth-order valence-corrected chi connectivity index (χ4v) is 2.16. The van der Waals surface area contributed by atoms with Crippen molar-refractivity contribution in [2.75, 3.05) is 5.32 Å². The van der Waals surface area contributed by atoms with E-state index in [-0.39, 0.29) is 17.2 Å². The molecular formula is C18H14N2O4. The van der Waals surface area contributed by atoms with E-state index in [1.165, 1.54) is 25.1 Å². The van der Waals surface area contributed by atoms with Gasteiger partial charge in [0.05, 0.1) is 0 Å². The van der Waals surface area contributed by atoms with Crippen molar-refractivity contribution in [1.29, 1.82) is 0 Å². The Morgan fingerprint density at radius 3 is 2.54 bits per heavy atom. The largest absolute Gasteiger partial charge is 0.508 e. The van der Waals surface area contributed by atoms with Crippen LogP contribution in [-0.4, -0.2) is 22.0 Å². The number of rotatable bonds is 4. The summed E-state index contributed by atoms with van der Waals surface area (Å²) in [6, 6.07) is 14.5. The molecule has 0 spiro atoms. The van der Waals surface area contributed by atoms with E-state index in [4.69, 9.17) is 4.52 Å². The molecule has 1 heterocycles. The first kappa shape index (κ1) is 15.5. The molecule has 0 saturated heterocycles. The Kier molecular flexibility index (Phi) is 4.11. The summed E-state index contributed by atoms with van der Waals surface area (Å²) in [6.45, 7) is 1.46. The SMILES string of the molecule is CC(=O)c1cccc(NC(=O)c2cc(-c3ccc(O)cc3)on2)c1. The minimum absolute atomic E-state index is 0.0813. The number of phenolic OH excluding ortho intramolecular Hbond substituents is 1. The van der Waals surface area contributed by atoms with E-state index in [1.807, 2.05) is 0 Å². The van der Waals surface area contributed by atoms with Crippen LogP contribution in [0.25, 0.3) is 11.3 Å². The van der Waals surface area contributed by atoms with E-state index in [0.717, 1.165) is 0 Å². The molecule has 0 fully saturated rings. The zero-order valence-corrected chi connectivity index (χ0v) is 12.8. The van der Waals surface area contributed by atoms with Crippen molar-refractivity contribution in [2.24, 2.45) is 0 Å². The van der Waals surface area contributed by atoms with Gasteiger partial charge in [-0.05, 0) is 43.3 Å². The van der Waals surface area contributed by atoms with Crippen molar-refractivity contribution in [3.63, 3.8) is 0 Å². The van der Waals surface area contributed by atoms with Gasteiger partial charge >= 0.3 is 0 Å². The number of aromatic hydroxyl groups is 1. The summed E-state index contributed by atoms with van der Waals surface area (Å²) in [5.41, 5.74) is 1.82. The summed E-state index contributed by atoms with van der Waals surface area (Å²) in [5, 5.41) is 15.7. The summed E-state index contributed by atoms with van der Waals surface area (Å²) in [4.78, 5) is 23.6. The minimum atomic E-state index is -0.440. The Balaban J connectivity index is 1.77. The third kappa shape index (κ3) is 3.33. The summed E-state index contributed by atoms with van der Waals surface area (Å²) in [6.07, 6.45) is 0. The predicted octanol–water partition coefficient (Wildman–Crippen LogP) is 3.50. The summed E-state index contributed by atoms with van der Waals surface area (Å²) in [7, 11) is 0. The van der Waals surface area contributed by atoms with Crippen LogP contribution in [-0.2, 0) is 0 Å². The van der Waals surface area contributed by atoms with Crippen LogP contribution in [0.15, 0.2) is 59.1 Å². The molecule has 0 unspecified atom stereocenters. The number of carbonyl (C=O) groups is 2. The van der Waals surface area contributed by atoms with Crippen LogP contribution in [0, 0.1) is 0 Å². The Morgan fingerprint density at radius 2 is 1.83 bits per heavy atom. The average molecular weight is 322 g/mol. The zero-order chi connectivity index (χ0) is 17.1. The normalized spacial score (nSPS) is 10.4. The van der Waals surface area contributed by atoms with Gasteiger partial charge < -0.3 is 14.9 Å². The number of nitrogens with one attached hydrogen (secondary N) is 1. The Morgan fingerprint density at radius 1 is 1.08 bits per heavy atom. The molecular weight excluding hydrogens is 308 g/mol. The molecule has 6 nitrogen and oxygen atoms in total. The zero-order valence-electron chi connectivity index (χ0n) is 12.8. The lowest BCUT2D eigenvalue weighted by Gasteiger charge is -2.04. The number of amides is 1. The van der Waals surface area contributed by atoms with Crippen molar-refractivity contribution in [3.8, 4) is 17.1 Å². The number of aromatic nitrogens is 1. The molecule has 0 aliphatic carbocycles. The molecule has 0 bridgehead atoms. The Labute approximate surface area is 137 Å². The highest BCUT2D eigenvalue weighted by molar-refractivity contribution is 6.04. The quantitative estimate of drug-likeness (QED) is 0.717. The van der Waals surface area contributed by atoms with Crippen LogP contribution in [0.1, 0.15) is 27.8 Å². The number of hydrogen-bond acceptors (Lipinski definition) is 5. The van der Waals surface area contributed by atoms with Gasteiger partial charge in [-0.15, -0.1) is 0 Å². The third-order valence-electron chi connectivity index (χ3n) is 3.42. The van der Waals surface area contributed by atoms with Crippen molar-refractivity contribution < 1.29 is 19.2 Å². The van der Waals surface area contributed by atoms with Crippen molar-refractivity contribution >= 4 is 17.4 Å². The highest BCUT2D eigenvalue weighted by Crippen LogP contribution is 2.23. The first-order valence-corrected chi connectivity index (χ1v) is 7.21. The van der Waals surface area contributed by atoms with Gasteiger partial charge in [-0.1, -0.05) is 17.3 Å². The van der Waals surface area contributed by atoms with E-state index in [0.29, 0.717) is 22.6 Å². The number of benzene rings is 2. The van der Waals surface area contributed by atoms with Crippen LogP contribution < -0.4 is 5.32 Å². The van der Waals surface area contributed by atoms with Gasteiger partial charge in [-0.25, -0.2) is 0 Å². The van der Waals surface area contributed by atoms with Gasteiger partial charge in [-0.2, -0.15) is 0 Å². The van der Waals surface area contributed by atoms with Gasteiger partial charge in [0.1, 0.15) is 5.75 Å². The van der Waals surface area contributed by atoms with Gasteiger partial charge in [0, 0.05) is 22.9 Å². The van der Waals surface area contributed by atoms with E-state index in [2.05, 4.69) is 10.5 Å². The van der Waals surface area contributed by atoms with Crippen LogP contribution in [0.3, 0.4) is 0 Å². The number of carbonyl (C=O) groups excluding carboxylic acids is 2. The standard InChI is InChI=1S/C18H14N2O4/c1-11(21)13-3-2-4-14(9-13)19-18(23)16-10-17(24-20-16)12-5-7-15(22)8-6-12/h2-10,22H,1H3,(H,19,23). The maximum Gasteiger partial charge on any atom is 0.277 e. The van der Waals surface area contributed by atoms with E-state index in [1.54, 1.807) is 36.4 Å². The number of ketones is 1. The van der Waals surface area contributed by atoms with Gasteiger partial charge in [0.2, 0.25) is 0 Å². The summed E-state index contributed by atoms with van der Waals surface area (Å²) >= 11 is 0. The number of nitrogens with zero attached hydrogens (tertiary/aromatic N) is 1. The highest BCUT2D eigenvalue weighted by Gasteiger charge is 2.14. The molecule has 1 aromatic heterocycles. The molecule has 3 rings (SSSR count). The second kappa shape index (κ2) is 6.37. The lowest BCUT2D eigenvalue weighted by molar-refractivity contribution is 0.100. The molecule has 0 radical (unpaired) electrons. The fraction of sp³-hybridized carbons (Fsp3) is 0.0556. The fourth-order valence-electron chi connectivity index (χ4n) is 2.16. The van der Waals surface area contributed by atoms with E-state index < -0.39 is 5.91 Å². The van der Waals surface area contributed by atoms with E-state index >= 15 is 0 Å². The molecule has 6 heteroatoms. The number of Topliss-reactive ketones (excluding diaryl/α,β-unsaturated/α-hetero) is 1. The lowest BCUT2D eigenvalue weighted by Crippen LogP contribution is -2.12. The molecule has 0 aliphatic rings. The van der Waals surface area contributed by atoms with Crippen LogP contribution in [0.2, 0.25) is 0 Å². The first-order valence-electron chi connectivity index (χ1n) is 7.21. The smallest absolute Gasteiger partial charge is 0.277 e. The maximum absolute atomic E-state index is 12.2. The molecule has 0 saturated carbocycles. The minimum Gasteiger partial charge on any atom is -0.508 e. The topological polar surface area (TPSA) is 92.4 Å². The maximum atomic E-state index is 12.2. The number of hydrogen-bond donors (Lipinski definition) is 2. The monoisotopic (exact) mass is 322 g/mol. The van der Waals surface area contributed by atoms with Gasteiger partial charge in [-0.3, -0.25) is 9.59 Å². The van der Waals surface area contributed by atoms with Crippen molar-refractivity contribution in [1.82, 2.24) is 5.16 Å². The first-order chi connectivity index (χ1) is 11.5. The summed E-state index contributed by atoms with van der Waals surface area (Å²) in [5.74, 6) is 0.0332. The van der Waals surface area contributed by atoms with Crippen LogP contribution >= 0.6 is 0 Å². The Hall–Kier alpha value is -3.41. The predicted molar refractivity (Wildman–Crippen MR) is 88.0 cm³/mol.